The van der Waals surface area contributed by atoms with Gasteiger partial charge in [0.15, 0.2) is 11.6 Å². The molecule has 0 saturated carbocycles. The van der Waals surface area contributed by atoms with Gasteiger partial charge in [0.05, 0.1) is 47.8 Å². The number of benzene rings is 1. The molecular formula is C25H27N7O4S. The Morgan fingerprint density at radius 3 is 2.68 bits per heavy atom. The summed E-state index contributed by atoms with van der Waals surface area (Å²) in [4.78, 5) is 35.4. The van der Waals surface area contributed by atoms with Crippen molar-refractivity contribution in [1.82, 2.24) is 19.9 Å². The van der Waals surface area contributed by atoms with E-state index >= 15 is 0 Å². The van der Waals surface area contributed by atoms with Gasteiger partial charge in [0.25, 0.3) is 0 Å². The summed E-state index contributed by atoms with van der Waals surface area (Å²) in [6, 6.07) is 7.07. The lowest BCUT2D eigenvalue weighted by atomic mass is 10.1. The third-order valence-corrected chi connectivity index (χ3v) is 6.99. The number of hydrogen-bond acceptors (Lipinski definition) is 12. The summed E-state index contributed by atoms with van der Waals surface area (Å²) < 4.78 is 11.5. The largest absolute Gasteiger partial charge is 0.506 e. The van der Waals surface area contributed by atoms with Crippen LogP contribution in [0.2, 0.25) is 0 Å². The first kappa shape index (κ1) is 24.7. The summed E-state index contributed by atoms with van der Waals surface area (Å²) in [5, 5.41) is 10.1. The number of fused-ring (bicyclic) bond motifs is 1. The van der Waals surface area contributed by atoms with Crippen molar-refractivity contribution in [3.05, 3.63) is 47.1 Å². The smallest absolute Gasteiger partial charge is 0.341 e. The summed E-state index contributed by atoms with van der Waals surface area (Å²) in [7, 11) is 1.89. The molecule has 1 aliphatic heterocycles. The van der Waals surface area contributed by atoms with E-state index in [1.165, 1.54) is 12.4 Å². The van der Waals surface area contributed by atoms with Crippen LogP contribution in [0.3, 0.4) is 0 Å². The molecule has 0 aliphatic carbocycles. The van der Waals surface area contributed by atoms with Crippen molar-refractivity contribution in [2.45, 2.75) is 13.5 Å². The van der Waals surface area contributed by atoms with E-state index in [1.54, 1.807) is 36.5 Å². The summed E-state index contributed by atoms with van der Waals surface area (Å²) in [6.07, 6.45) is 2.94. The minimum atomic E-state index is -0.444. The second-order valence-electron chi connectivity index (χ2n) is 8.52. The van der Waals surface area contributed by atoms with E-state index in [1.807, 2.05) is 18.0 Å². The molecule has 0 atom stereocenters. The molecule has 1 aromatic carbocycles. The molecule has 12 heteroatoms. The lowest BCUT2D eigenvalue weighted by Gasteiger charge is -2.28. The summed E-state index contributed by atoms with van der Waals surface area (Å²) in [5.41, 5.74) is 7.90. The third-order valence-electron chi connectivity index (χ3n) is 5.89. The van der Waals surface area contributed by atoms with E-state index < -0.39 is 5.97 Å². The highest BCUT2D eigenvalue weighted by atomic mass is 32.1. The van der Waals surface area contributed by atoms with Gasteiger partial charge in [-0.25, -0.2) is 24.7 Å². The second-order valence-corrected chi connectivity index (χ2v) is 9.66. The zero-order valence-corrected chi connectivity index (χ0v) is 21.4. The summed E-state index contributed by atoms with van der Waals surface area (Å²) in [5.74, 6) is 1.40. The molecule has 3 aromatic heterocycles. The molecule has 1 saturated heterocycles. The van der Waals surface area contributed by atoms with Gasteiger partial charge in [-0.1, -0.05) is 0 Å². The number of thiophene rings is 1. The summed E-state index contributed by atoms with van der Waals surface area (Å²) >= 11 is 1.62. The maximum absolute atomic E-state index is 11.9. The van der Waals surface area contributed by atoms with Gasteiger partial charge in [0, 0.05) is 43.0 Å². The lowest BCUT2D eigenvalue weighted by Crippen LogP contribution is -2.36. The van der Waals surface area contributed by atoms with Gasteiger partial charge in [0.1, 0.15) is 5.75 Å². The predicted molar refractivity (Wildman–Crippen MR) is 142 cm³/mol. The van der Waals surface area contributed by atoms with Crippen molar-refractivity contribution in [3.63, 3.8) is 0 Å². The van der Waals surface area contributed by atoms with Gasteiger partial charge < -0.3 is 30.1 Å². The second kappa shape index (κ2) is 10.5. The number of ether oxygens (including phenoxy) is 2. The van der Waals surface area contributed by atoms with Gasteiger partial charge in [0.2, 0.25) is 5.95 Å². The molecule has 11 nitrogen and oxygen atoms in total. The number of phenolic OH excluding ortho intramolecular Hbond substituents is 1. The van der Waals surface area contributed by atoms with E-state index in [0.29, 0.717) is 55.0 Å². The number of hydrogen-bond donors (Lipinski definition) is 2. The Bertz CT molecular complexity index is 1420. The summed E-state index contributed by atoms with van der Waals surface area (Å²) in [6.45, 7) is 5.30. The van der Waals surface area contributed by atoms with Gasteiger partial charge >= 0.3 is 5.97 Å². The van der Waals surface area contributed by atoms with Crippen molar-refractivity contribution >= 4 is 45.0 Å². The zero-order chi connectivity index (χ0) is 25.9. The Kier molecular flexibility index (Phi) is 7.01. The van der Waals surface area contributed by atoms with E-state index in [9.17, 15) is 9.90 Å². The number of esters is 1. The Hall–Kier alpha value is -4.03. The van der Waals surface area contributed by atoms with Crippen molar-refractivity contribution in [2.24, 2.45) is 0 Å². The SMILES string of the molecule is CCOC(=O)c1cnc(N(C)Cc2cc3nc(-c4ccc(N)c(O)c4)nc(N4CCOCC4)c3s2)nc1. The van der Waals surface area contributed by atoms with Crippen LogP contribution in [0.5, 0.6) is 5.75 Å². The number of rotatable bonds is 7. The average Bonchev–Trinajstić information content (AvgIpc) is 3.32. The molecule has 1 fully saturated rings. The number of morpholine rings is 1. The van der Waals surface area contributed by atoms with E-state index in [2.05, 4.69) is 14.9 Å². The first-order chi connectivity index (χ1) is 17.9. The Morgan fingerprint density at radius 1 is 1.22 bits per heavy atom. The molecule has 1 aliphatic rings. The maximum Gasteiger partial charge on any atom is 0.341 e. The van der Waals surface area contributed by atoms with Crippen LogP contribution in [0.4, 0.5) is 17.5 Å². The number of nitrogens with two attached hydrogens (primary N) is 1. The van der Waals surface area contributed by atoms with Crippen molar-refractivity contribution in [2.75, 3.05) is 55.5 Å². The number of phenols is 1. The highest BCUT2D eigenvalue weighted by molar-refractivity contribution is 7.19. The molecule has 0 spiro atoms. The van der Waals surface area contributed by atoms with Crippen molar-refractivity contribution in [3.8, 4) is 17.1 Å². The van der Waals surface area contributed by atoms with Gasteiger partial charge in [-0.2, -0.15) is 0 Å². The minimum absolute atomic E-state index is 0.00396. The number of nitrogens with zero attached hydrogens (tertiary/aromatic N) is 6. The quantitative estimate of drug-likeness (QED) is 0.211. The van der Waals surface area contributed by atoms with Crippen LogP contribution < -0.4 is 15.5 Å². The average molecular weight is 522 g/mol. The Labute approximate surface area is 217 Å². The van der Waals surface area contributed by atoms with Gasteiger partial charge in [-0.05, 0) is 31.2 Å². The highest BCUT2D eigenvalue weighted by Gasteiger charge is 2.21. The number of nitrogen functional groups attached to an aromatic ring is 1. The zero-order valence-electron chi connectivity index (χ0n) is 20.5. The molecule has 37 heavy (non-hydrogen) atoms. The monoisotopic (exact) mass is 521 g/mol. The molecule has 5 rings (SSSR count). The number of anilines is 3. The molecule has 3 N–H and O–H groups in total. The number of carbonyl (C=O) groups is 1. The van der Waals surface area contributed by atoms with Crippen molar-refractivity contribution in [1.29, 1.82) is 0 Å². The fraction of sp³-hybridized carbons (Fsp3) is 0.320. The van der Waals surface area contributed by atoms with Crippen LogP contribution in [0, 0.1) is 0 Å². The van der Waals surface area contributed by atoms with E-state index in [-0.39, 0.29) is 5.75 Å². The van der Waals surface area contributed by atoms with E-state index in [0.717, 1.165) is 34.0 Å². The van der Waals surface area contributed by atoms with Crippen LogP contribution in [-0.4, -0.2) is 71.0 Å². The minimum Gasteiger partial charge on any atom is -0.506 e. The number of aromatic hydroxyl groups is 1. The van der Waals surface area contributed by atoms with Gasteiger partial charge in [-0.3, -0.25) is 0 Å². The molecule has 0 amide bonds. The molecular weight excluding hydrogens is 494 g/mol. The molecule has 4 heterocycles. The Morgan fingerprint density at radius 2 is 1.97 bits per heavy atom. The molecule has 0 radical (unpaired) electrons. The van der Waals surface area contributed by atoms with Crippen LogP contribution in [0.25, 0.3) is 21.6 Å². The maximum atomic E-state index is 11.9. The molecule has 0 bridgehead atoms. The predicted octanol–water partition coefficient (Wildman–Crippen LogP) is 3.09. The van der Waals surface area contributed by atoms with E-state index in [4.69, 9.17) is 25.2 Å². The topological polar surface area (TPSA) is 140 Å². The fourth-order valence-corrected chi connectivity index (χ4v) is 5.15. The molecule has 0 unspecified atom stereocenters. The Balaban J connectivity index is 1.46. The van der Waals surface area contributed by atoms with Crippen molar-refractivity contribution < 1.29 is 19.4 Å². The fourth-order valence-electron chi connectivity index (χ4n) is 3.99. The first-order valence-corrected chi connectivity index (χ1v) is 12.7. The van der Waals surface area contributed by atoms with Crippen LogP contribution in [0.1, 0.15) is 22.2 Å². The lowest BCUT2D eigenvalue weighted by molar-refractivity contribution is 0.0525. The van der Waals surface area contributed by atoms with Crippen LogP contribution in [-0.2, 0) is 16.0 Å². The molecule has 4 aromatic rings. The third kappa shape index (κ3) is 5.25. The van der Waals surface area contributed by atoms with Gasteiger partial charge in [-0.15, -0.1) is 11.3 Å². The van der Waals surface area contributed by atoms with Crippen LogP contribution in [0.15, 0.2) is 36.7 Å². The first-order valence-electron chi connectivity index (χ1n) is 11.8. The number of aromatic nitrogens is 4. The highest BCUT2D eigenvalue weighted by Crippen LogP contribution is 2.36. The number of carbonyl (C=O) groups excluding carboxylic acids is 1. The normalized spacial score (nSPS) is 13.6. The van der Waals surface area contributed by atoms with Crippen LogP contribution >= 0.6 is 11.3 Å². The standard InChI is InChI=1S/C25H27N7O4S/c1-3-36-24(34)16-12-27-25(28-13-16)31(2)14-17-11-19-21(37-17)23(32-6-8-35-9-7-32)30-22(29-19)15-4-5-18(26)20(33)10-15/h4-5,10-13,33H,3,6-9,14,26H2,1-2H3. The molecule has 192 valence electrons.